The quantitative estimate of drug-likeness (QED) is 0.109. The first-order valence-electron chi connectivity index (χ1n) is 12.3. The molecule has 200 valence electrons. The van der Waals surface area contributed by atoms with Crippen LogP contribution in [0.2, 0.25) is 0 Å². The van der Waals surface area contributed by atoms with E-state index in [1.165, 1.54) is 31.7 Å². The lowest BCUT2D eigenvalue weighted by Gasteiger charge is -2.20. The average Bonchev–Trinajstić information content (AvgIpc) is 2.84. The third-order valence-corrected chi connectivity index (χ3v) is 5.60. The van der Waals surface area contributed by atoms with Gasteiger partial charge in [0.2, 0.25) is 11.9 Å². The highest BCUT2D eigenvalue weighted by Gasteiger charge is 2.42. The summed E-state index contributed by atoms with van der Waals surface area (Å²) in [7, 11) is 0. The van der Waals surface area contributed by atoms with Crippen LogP contribution in [0, 0.1) is 11.6 Å². The fourth-order valence-electron chi connectivity index (χ4n) is 3.55. The van der Waals surface area contributed by atoms with Gasteiger partial charge in [-0.15, -0.1) is 0 Å². The number of hydrogen-bond acceptors (Lipinski definition) is 4. The second kappa shape index (κ2) is 14.7. The normalized spacial score (nSPS) is 12.3. The van der Waals surface area contributed by atoms with Gasteiger partial charge in [0.25, 0.3) is 0 Å². The summed E-state index contributed by atoms with van der Waals surface area (Å²) in [6.45, 7) is 4.41. The molecular formula is C27H33F5O4. The number of carbonyl (C=O) groups is 1. The molecule has 9 heteroatoms. The van der Waals surface area contributed by atoms with Gasteiger partial charge in [-0.3, -0.25) is 0 Å². The maximum atomic E-state index is 14.7. The molecule has 0 fully saturated rings. The minimum absolute atomic E-state index is 0.105. The number of benzene rings is 2. The summed E-state index contributed by atoms with van der Waals surface area (Å²) in [5, 5.41) is 0. The molecule has 0 aliphatic carbocycles. The second-order valence-electron chi connectivity index (χ2n) is 8.52. The number of hydrogen-bond donors (Lipinski definition) is 0. The van der Waals surface area contributed by atoms with Gasteiger partial charge in [-0.05, 0) is 49.1 Å². The van der Waals surface area contributed by atoms with Gasteiger partial charge in [-0.2, -0.15) is 17.6 Å². The van der Waals surface area contributed by atoms with Crippen molar-refractivity contribution in [2.24, 2.45) is 0 Å². The van der Waals surface area contributed by atoms with Gasteiger partial charge in [0, 0.05) is 5.56 Å². The molecule has 0 heterocycles. The van der Waals surface area contributed by atoms with Crippen molar-refractivity contribution in [2.45, 2.75) is 83.9 Å². The molecule has 2 rings (SSSR count). The van der Waals surface area contributed by atoms with Gasteiger partial charge < -0.3 is 14.2 Å². The molecule has 0 bridgehead atoms. The zero-order valence-electron chi connectivity index (χ0n) is 20.6. The topological polar surface area (TPSA) is 44.8 Å². The first kappa shape index (κ1) is 29.4. The van der Waals surface area contributed by atoms with Crippen LogP contribution in [0.5, 0.6) is 11.5 Å². The summed E-state index contributed by atoms with van der Waals surface area (Å²) in [6, 6.07) is 8.53. The average molecular weight is 517 g/mol. The molecule has 2 aromatic rings. The summed E-state index contributed by atoms with van der Waals surface area (Å²) in [4.78, 5) is 11.8. The molecule has 0 saturated heterocycles. The van der Waals surface area contributed by atoms with E-state index in [0.717, 1.165) is 18.9 Å². The van der Waals surface area contributed by atoms with Crippen LogP contribution < -0.4 is 9.47 Å². The van der Waals surface area contributed by atoms with E-state index in [0.29, 0.717) is 24.3 Å². The van der Waals surface area contributed by atoms with Gasteiger partial charge in [0.15, 0.2) is 11.6 Å². The highest BCUT2D eigenvalue weighted by molar-refractivity contribution is 5.68. The van der Waals surface area contributed by atoms with Gasteiger partial charge >= 0.3 is 12.3 Å². The number of alkyl halides is 3. The summed E-state index contributed by atoms with van der Waals surface area (Å²) >= 11 is 0. The molecule has 4 nitrogen and oxygen atoms in total. The van der Waals surface area contributed by atoms with E-state index in [1.54, 1.807) is 31.2 Å². The van der Waals surface area contributed by atoms with Crippen LogP contribution in [0.3, 0.4) is 0 Å². The van der Waals surface area contributed by atoms with Gasteiger partial charge in [-0.25, -0.2) is 9.18 Å². The van der Waals surface area contributed by atoms with E-state index in [1.807, 2.05) is 0 Å². The van der Waals surface area contributed by atoms with Crippen LogP contribution in [0.4, 0.5) is 26.7 Å². The Bertz CT molecular complexity index is 944. The van der Waals surface area contributed by atoms with E-state index >= 15 is 0 Å². The standard InChI is InChI=1S/C27H33F5O4/c1-3-5-7-8-9-10-18-34-20-14-12-19(13-15-20)21-16-17-22(25(29)24(21)28)35-26(33)36-23(11-6-4-2)27(30,31)32/h12-17,23H,3-11,18H2,1-2H3. The number of unbranched alkanes of at least 4 members (excludes halogenated alkanes) is 6. The van der Waals surface area contributed by atoms with Gasteiger partial charge in [0.1, 0.15) is 5.75 Å². The molecule has 2 aromatic carbocycles. The highest BCUT2D eigenvalue weighted by atomic mass is 19.4. The minimum Gasteiger partial charge on any atom is -0.494 e. The lowest BCUT2D eigenvalue weighted by Crippen LogP contribution is -2.34. The lowest BCUT2D eigenvalue weighted by atomic mass is 10.0. The number of halogens is 5. The third kappa shape index (κ3) is 9.32. The van der Waals surface area contributed by atoms with E-state index in [9.17, 15) is 26.7 Å². The molecule has 0 radical (unpaired) electrons. The van der Waals surface area contributed by atoms with Crippen molar-refractivity contribution in [3.8, 4) is 22.6 Å². The second-order valence-corrected chi connectivity index (χ2v) is 8.52. The van der Waals surface area contributed by atoms with Crippen LogP contribution >= 0.6 is 0 Å². The van der Waals surface area contributed by atoms with Crippen LogP contribution in [0.15, 0.2) is 36.4 Å². The number of carbonyl (C=O) groups excluding carboxylic acids is 1. The number of ether oxygens (including phenoxy) is 3. The van der Waals surface area contributed by atoms with Gasteiger partial charge in [0.05, 0.1) is 6.61 Å². The molecule has 0 saturated carbocycles. The smallest absolute Gasteiger partial charge is 0.494 e. The van der Waals surface area contributed by atoms with E-state index < -0.39 is 42.2 Å². The molecule has 36 heavy (non-hydrogen) atoms. The Morgan fingerprint density at radius 2 is 1.47 bits per heavy atom. The summed E-state index contributed by atoms with van der Waals surface area (Å²) in [5.41, 5.74) is 0.246. The van der Waals surface area contributed by atoms with Crippen molar-refractivity contribution in [3.05, 3.63) is 48.0 Å². The predicted molar refractivity (Wildman–Crippen MR) is 127 cm³/mol. The van der Waals surface area contributed by atoms with Crippen molar-refractivity contribution in [2.75, 3.05) is 6.61 Å². The fourth-order valence-corrected chi connectivity index (χ4v) is 3.55. The van der Waals surface area contributed by atoms with Crippen molar-refractivity contribution >= 4 is 6.16 Å². The van der Waals surface area contributed by atoms with Crippen LogP contribution in [-0.2, 0) is 4.74 Å². The molecule has 0 amide bonds. The van der Waals surface area contributed by atoms with E-state index in [4.69, 9.17) is 4.74 Å². The monoisotopic (exact) mass is 516 g/mol. The predicted octanol–water partition coefficient (Wildman–Crippen LogP) is 9.01. The fraction of sp³-hybridized carbons (Fsp3) is 0.519. The Balaban J connectivity index is 1.97. The van der Waals surface area contributed by atoms with Crippen LogP contribution in [-0.4, -0.2) is 25.0 Å². The molecule has 0 aromatic heterocycles. The van der Waals surface area contributed by atoms with Crippen molar-refractivity contribution < 1.29 is 41.0 Å². The van der Waals surface area contributed by atoms with Gasteiger partial charge in [-0.1, -0.05) is 64.5 Å². The van der Waals surface area contributed by atoms with Crippen molar-refractivity contribution in [1.29, 1.82) is 0 Å². The Morgan fingerprint density at radius 1 is 0.833 bits per heavy atom. The zero-order chi connectivity index (χ0) is 26.6. The van der Waals surface area contributed by atoms with Crippen LogP contribution in [0.25, 0.3) is 11.1 Å². The Hall–Kier alpha value is -2.84. The Morgan fingerprint density at radius 3 is 2.11 bits per heavy atom. The van der Waals surface area contributed by atoms with Crippen molar-refractivity contribution in [1.82, 2.24) is 0 Å². The first-order valence-corrected chi connectivity index (χ1v) is 12.3. The van der Waals surface area contributed by atoms with E-state index in [2.05, 4.69) is 16.4 Å². The van der Waals surface area contributed by atoms with E-state index in [-0.39, 0.29) is 12.0 Å². The SMILES string of the molecule is CCCCCCCCOc1ccc(-c2ccc(OC(=O)OC(CCCC)C(F)(F)F)c(F)c2F)cc1. The molecule has 0 spiro atoms. The maximum Gasteiger partial charge on any atom is 0.514 e. The molecule has 1 unspecified atom stereocenters. The molecule has 0 aliphatic rings. The van der Waals surface area contributed by atoms with Crippen LogP contribution in [0.1, 0.15) is 71.6 Å². The molecule has 0 N–H and O–H groups in total. The summed E-state index contributed by atoms with van der Waals surface area (Å²) in [6.07, 6.45) is -1.97. The molecule has 1 atom stereocenters. The maximum absolute atomic E-state index is 14.7. The summed E-state index contributed by atoms with van der Waals surface area (Å²) in [5.74, 6) is -3.08. The first-order chi connectivity index (χ1) is 17.2. The Labute approximate surface area is 208 Å². The van der Waals surface area contributed by atoms with Crippen molar-refractivity contribution in [3.63, 3.8) is 0 Å². The minimum atomic E-state index is -4.80. The lowest BCUT2D eigenvalue weighted by molar-refractivity contribution is -0.208. The summed E-state index contributed by atoms with van der Waals surface area (Å²) < 4.78 is 82.8. The zero-order valence-corrected chi connectivity index (χ0v) is 20.6. The molecular weight excluding hydrogens is 483 g/mol. The third-order valence-electron chi connectivity index (χ3n) is 5.60. The molecule has 0 aliphatic heterocycles. The number of rotatable bonds is 14. The largest absolute Gasteiger partial charge is 0.514 e. The highest BCUT2D eigenvalue weighted by Crippen LogP contribution is 2.32. The Kier molecular flexibility index (Phi) is 12.0.